The molecule has 98 valence electrons. The number of hydrogen-bond donors (Lipinski definition) is 1. The van der Waals surface area contributed by atoms with Crippen LogP contribution in [0.15, 0.2) is 18.2 Å². The maximum Gasteiger partial charge on any atom is 0.354 e. The number of carbonyl (C=O) groups is 1. The van der Waals surface area contributed by atoms with E-state index in [9.17, 15) is 4.79 Å². The second-order valence-corrected chi connectivity index (χ2v) is 4.84. The molecule has 18 heavy (non-hydrogen) atoms. The summed E-state index contributed by atoms with van der Waals surface area (Å²) in [7, 11) is 0. The Hall–Kier alpha value is -1.42. The van der Waals surface area contributed by atoms with E-state index in [2.05, 4.69) is 4.98 Å². The maximum absolute atomic E-state index is 10.8. The van der Waals surface area contributed by atoms with Crippen LogP contribution in [0.25, 0.3) is 0 Å². The molecule has 2 rings (SSSR count). The zero-order valence-corrected chi connectivity index (χ0v) is 10.5. The second kappa shape index (κ2) is 6.50. The van der Waals surface area contributed by atoms with Crippen LogP contribution in [0.3, 0.4) is 0 Å². The fraction of sp³-hybridized carbons (Fsp3) is 0.571. The fourth-order valence-electron chi connectivity index (χ4n) is 2.36. The van der Waals surface area contributed by atoms with Gasteiger partial charge in [-0.25, -0.2) is 9.78 Å². The molecular weight excluding hydrogens is 230 g/mol. The summed E-state index contributed by atoms with van der Waals surface area (Å²) < 4.78 is 5.64. The molecule has 0 aromatic carbocycles. The Morgan fingerprint density at radius 3 is 2.83 bits per heavy atom. The first-order chi connectivity index (χ1) is 8.75. The molecule has 1 saturated carbocycles. The summed E-state index contributed by atoms with van der Waals surface area (Å²) >= 11 is 0. The first kappa shape index (κ1) is 13.0. The van der Waals surface area contributed by atoms with Crippen LogP contribution in [-0.2, 0) is 11.3 Å². The lowest BCUT2D eigenvalue weighted by atomic mass is 9.90. The maximum atomic E-state index is 10.8. The first-order valence-electron chi connectivity index (χ1n) is 6.52. The molecule has 1 aromatic rings. The molecule has 0 unspecified atom stereocenters. The Kier molecular flexibility index (Phi) is 4.70. The summed E-state index contributed by atoms with van der Waals surface area (Å²) in [4.78, 5) is 14.8. The van der Waals surface area contributed by atoms with E-state index >= 15 is 0 Å². The largest absolute Gasteiger partial charge is 0.477 e. The molecule has 1 aromatic heterocycles. The minimum absolute atomic E-state index is 0.0776. The highest BCUT2D eigenvalue weighted by Gasteiger charge is 2.13. The summed E-state index contributed by atoms with van der Waals surface area (Å²) in [6, 6.07) is 5.00. The van der Waals surface area contributed by atoms with E-state index in [1.165, 1.54) is 38.2 Å². The quantitative estimate of drug-likeness (QED) is 0.871. The number of nitrogens with zero attached hydrogens (tertiary/aromatic N) is 1. The molecule has 0 amide bonds. The van der Waals surface area contributed by atoms with Gasteiger partial charge in [0.05, 0.1) is 12.3 Å². The van der Waals surface area contributed by atoms with Crippen LogP contribution in [0.2, 0.25) is 0 Å². The van der Waals surface area contributed by atoms with Crippen LogP contribution in [0.5, 0.6) is 0 Å². The van der Waals surface area contributed by atoms with E-state index in [0.717, 1.165) is 6.61 Å². The van der Waals surface area contributed by atoms with E-state index in [0.29, 0.717) is 18.2 Å². The Labute approximate surface area is 107 Å². The van der Waals surface area contributed by atoms with Gasteiger partial charge < -0.3 is 9.84 Å². The number of rotatable bonds is 5. The molecular formula is C14H19NO3. The van der Waals surface area contributed by atoms with Crippen molar-refractivity contribution in [2.75, 3.05) is 6.61 Å². The molecule has 0 atom stereocenters. The highest BCUT2D eigenvalue weighted by molar-refractivity contribution is 5.85. The average molecular weight is 249 g/mol. The van der Waals surface area contributed by atoms with Crippen molar-refractivity contribution in [2.45, 2.75) is 38.7 Å². The summed E-state index contributed by atoms with van der Waals surface area (Å²) in [5.41, 5.74) is 0.763. The van der Waals surface area contributed by atoms with Gasteiger partial charge in [-0.2, -0.15) is 0 Å². The van der Waals surface area contributed by atoms with Crippen LogP contribution >= 0.6 is 0 Å². The molecule has 1 aliphatic rings. The van der Waals surface area contributed by atoms with Gasteiger partial charge in [-0.15, -0.1) is 0 Å². The molecule has 1 N–H and O–H groups in total. The lowest BCUT2D eigenvalue weighted by molar-refractivity contribution is 0.0675. The third-order valence-corrected chi connectivity index (χ3v) is 3.35. The molecule has 0 bridgehead atoms. The Morgan fingerprint density at radius 1 is 1.33 bits per heavy atom. The van der Waals surface area contributed by atoms with Gasteiger partial charge in [0.15, 0.2) is 0 Å². The molecule has 0 saturated heterocycles. The fourth-order valence-corrected chi connectivity index (χ4v) is 2.36. The zero-order chi connectivity index (χ0) is 12.8. The van der Waals surface area contributed by atoms with E-state index in [4.69, 9.17) is 9.84 Å². The highest BCUT2D eigenvalue weighted by atomic mass is 16.5. The van der Waals surface area contributed by atoms with Gasteiger partial charge in [0, 0.05) is 6.61 Å². The van der Waals surface area contributed by atoms with Crippen molar-refractivity contribution in [1.29, 1.82) is 0 Å². The lowest BCUT2D eigenvalue weighted by Crippen LogP contribution is -2.13. The summed E-state index contributed by atoms with van der Waals surface area (Å²) in [6.45, 7) is 1.16. The second-order valence-electron chi connectivity index (χ2n) is 4.84. The van der Waals surface area contributed by atoms with Gasteiger partial charge in [-0.05, 0) is 30.9 Å². The van der Waals surface area contributed by atoms with Gasteiger partial charge >= 0.3 is 5.97 Å². The summed E-state index contributed by atoms with van der Waals surface area (Å²) in [5, 5.41) is 8.84. The van der Waals surface area contributed by atoms with Crippen molar-refractivity contribution >= 4 is 5.97 Å². The minimum Gasteiger partial charge on any atom is -0.477 e. The number of hydrogen-bond acceptors (Lipinski definition) is 3. The molecule has 0 spiro atoms. The molecule has 0 radical (unpaired) electrons. The predicted molar refractivity (Wildman–Crippen MR) is 67.4 cm³/mol. The Bertz CT molecular complexity index is 400. The van der Waals surface area contributed by atoms with Crippen LogP contribution in [0, 0.1) is 5.92 Å². The van der Waals surface area contributed by atoms with Crippen molar-refractivity contribution in [3.05, 3.63) is 29.6 Å². The number of aromatic nitrogens is 1. The standard InChI is InChI=1S/C14H19NO3/c16-14(17)13-8-4-7-12(15-13)10-18-9-11-5-2-1-3-6-11/h4,7-8,11H,1-3,5-6,9-10H2,(H,16,17). The van der Waals surface area contributed by atoms with Gasteiger partial charge in [0.1, 0.15) is 5.69 Å². The highest BCUT2D eigenvalue weighted by Crippen LogP contribution is 2.23. The monoisotopic (exact) mass is 249 g/mol. The van der Waals surface area contributed by atoms with Crippen molar-refractivity contribution < 1.29 is 14.6 Å². The minimum atomic E-state index is -0.996. The summed E-state index contributed by atoms with van der Waals surface area (Å²) in [6.07, 6.45) is 6.46. The molecule has 1 aliphatic carbocycles. The predicted octanol–water partition coefficient (Wildman–Crippen LogP) is 2.88. The normalized spacial score (nSPS) is 16.7. The SMILES string of the molecule is O=C(O)c1cccc(COCC2CCCCC2)n1. The third-order valence-electron chi connectivity index (χ3n) is 3.35. The number of carboxylic acids is 1. The number of pyridine rings is 1. The number of ether oxygens (including phenoxy) is 1. The lowest BCUT2D eigenvalue weighted by Gasteiger charge is -2.21. The Morgan fingerprint density at radius 2 is 2.11 bits per heavy atom. The van der Waals surface area contributed by atoms with E-state index in [1.54, 1.807) is 12.1 Å². The zero-order valence-electron chi connectivity index (χ0n) is 10.5. The van der Waals surface area contributed by atoms with Gasteiger partial charge in [-0.3, -0.25) is 0 Å². The third kappa shape index (κ3) is 3.81. The first-order valence-corrected chi connectivity index (χ1v) is 6.52. The van der Waals surface area contributed by atoms with Crippen molar-refractivity contribution in [2.24, 2.45) is 5.92 Å². The van der Waals surface area contributed by atoms with Crippen molar-refractivity contribution in [1.82, 2.24) is 4.98 Å². The number of aromatic carboxylic acids is 1. The van der Waals surface area contributed by atoms with Gasteiger partial charge in [-0.1, -0.05) is 25.3 Å². The molecule has 4 heteroatoms. The van der Waals surface area contributed by atoms with Crippen molar-refractivity contribution in [3.8, 4) is 0 Å². The van der Waals surface area contributed by atoms with E-state index in [1.807, 2.05) is 0 Å². The molecule has 1 heterocycles. The number of carboxylic acid groups (broad SMARTS) is 1. The Balaban J connectivity index is 1.78. The van der Waals surface area contributed by atoms with Crippen molar-refractivity contribution in [3.63, 3.8) is 0 Å². The van der Waals surface area contributed by atoms with E-state index < -0.39 is 5.97 Å². The van der Waals surface area contributed by atoms with Gasteiger partial charge in [0.2, 0.25) is 0 Å². The topological polar surface area (TPSA) is 59.4 Å². The van der Waals surface area contributed by atoms with E-state index in [-0.39, 0.29) is 5.69 Å². The van der Waals surface area contributed by atoms with Crippen LogP contribution in [-0.4, -0.2) is 22.7 Å². The molecule has 1 fully saturated rings. The van der Waals surface area contributed by atoms with Gasteiger partial charge in [0.25, 0.3) is 0 Å². The molecule has 0 aliphatic heterocycles. The average Bonchev–Trinajstić information content (AvgIpc) is 2.40. The smallest absolute Gasteiger partial charge is 0.354 e. The van der Waals surface area contributed by atoms with Crippen LogP contribution in [0.4, 0.5) is 0 Å². The summed E-state index contributed by atoms with van der Waals surface area (Å²) in [5.74, 6) is -0.328. The van der Waals surface area contributed by atoms with Crippen LogP contribution in [0.1, 0.15) is 48.3 Å². The van der Waals surface area contributed by atoms with Crippen LogP contribution < -0.4 is 0 Å². The molecule has 4 nitrogen and oxygen atoms in total.